The molecule has 0 bridgehead atoms. The molecule has 7 heteroatoms. The van der Waals surface area contributed by atoms with Gasteiger partial charge in [0.05, 0.1) is 11.3 Å². The maximum atomic E-state index is 12.3. The Morgan fingerprint density at radius 1 is 1.24 bits per heavy atom. The molecule has 0 aliphatic rings. The number of carbonyl (C=O) groups excluding carboxylic acids is 1. The smallest absolute Gasteiger partial charge is 0.259 e. The van der Waals surface area contributed by atoms with Crippen molar-refractivity contribution >= 4 is 67.3 Å². The van der Waals surface area contributed by atoms with Crippen molar-refractivity contribution < 1.29 is 9.90 Å². The average molecular weight is 477 g/mol. The van der Waals surface area contributed by atoms with Gasteiger partial charge in [-0.1, -0.05) is 28.1 Å². The average Bonchev–Trinajstić information content (AvgIpc) is 2.41. The van der Waals surface area contributed by atoms with Gasteiger partial charge >= 0.3 is 0 Å². The van der Waals surface area contributed by atoms with Gasteiger partial charge in [0.2, 0.25) is 0 Å². The van der Waals surface area contributed by atoms with Crippen LogP contribution in [-0.2, 0) is 0 Å². The second-order valence-electron chi connectivity index (χ2n) is 4.17. The Balaban J connectivity index is 2.38. The number of thiocarbonyl (C=S) groups is 1. The predicted octanol–water partition coefficient (Wildman–Crippen LogP) is 3.65. The highest BCUT2D eigenvalue weighted by Crippen LogP contribution is 2.25. The Bertz CT molecular complexity index is 737. The fraction of sp³-hybridized carbons (Fsp3) is 0. The van der Waals surface area contributed by atoms with Crippen LogP contribution in [0.4, 0.5) is 5.69 Å². The molecule has 2 aromatic carbocycles. The van der Waals surface area contributed by atoms with Gasteiger partial charge in [0.25, 0.3) is 5.91 Å². The summed E-state index contributed by atoms with van der Waals surface area (Å²) in [6.45, 7) is 0. The van der Waals surface area contributed by atoms with E-state index in [1.165, 1.54) is 6.07 Å². The zero-order chi connectivity index (χ0) is 15.6. The van der Waals surface area contributed by atoms with E-state index in [4.69, 9.17) is 18.0 Å². The molecule has 0 aliphatic heterocycles. The third kappa shape index (κ3) is 3.92. The zero-order valence-electron chi connectivity index (χ0n) is 10.6. The Kier molecular flexibility index (Phi) is 5.17. The molecule has 0 atom stereocenters. The lowest BCUT2D eigenvalue weighted by Crippen LogP contribution is -2.17. The topological polar surface area (TPSA) is 75.3 Å². The Morgan fingerprint density at radius 3 is 2.62 bits per heavy atom. The van der Waals surface area contributed by atoms with Gasteiger partial charge in [0.1, 0.15) is 10.7 Å². The molecule has 2 rings (SSSR count). The van der Waals surface area contributed by atoms with Crippen molar-refractivity contribution in [3.63, 3.8) is 0 Å². The van der Waals surface area contributed by atoms with E-state index in [1.807, 2.05) is 0 Å². The van der Waals surface area contributed by atoms with Crippen molar-refractivity contribution in [2.45, 2.75) is 0 Å². The molecule has 1 amide bonds. The monoisotopic (exact) mass is 476 g/mol. The minimum absolute atomic E-state index is 0.0835. The van der Waals surface area contributed by atoms with Gasteiger partial charge in [-0.25, -0.2) is 0 Å². The van der Waals surface area contributed by atoms with E-state index in [-0.39, 0.29) is 16.3 Å². The van der Waals surface area contributed by atoms with Crippen LogP contribution in [0.25, 0.3) is 0 Å². The largest absolute Gasteiger partial charge is 0.507 e. The summed E-state index contributed by atoms with van der Waals surface area (Å²) in [6, 6.07) is 10.0. The Labute approximate surface area is 149 Å². The van der Waals surface area contributed by atoms with Gasteiger partial charge in [-0.05, 0) is 59.0 Å². The molecule has 108 valence electrons. The summed E-state index contributed by atoms with van der Waals surface area (Å²) in [5, 5.41) is 12.5. The van der Waals surface area contributed by atoms with Crippen molar-refractivity contribution in [3.05, 3.63) is 55.6 Å². The van der Waals surface area contributed by atoms with Crippen LogP contribution in [0.5, 0.6) is 5.75 Å². The van der Waals surface area contributed by atoms with E-state index in [2.05, 4.69) is 43.8 Å². The third-order valence-corrected chi connectivity index (χ3v) is 4.08. The molecule has 0 aromatic heterocycles. The molecule has 21 heavy (non-hydrogen) atoms. The summed E-state index contributed by atoms with van der Waals surface area (Å²) in [6.07, 6.45) is 0. The number of nitrogens with one attached hydrogen (secondary N) is 1. The lowest BCUT2D eigenvalue weighted by Gasteiger charge is -2.11. The summed E-state index contributed by atoms with van der Waals surface area (Å²) in [5.41, 5.74) is 6.89. The molecule has 0 saturated heterocycles. The number of phenolic OH excluding ortho intramolecular Hbond substituents is 1. The van der Waals surface area contributed by atoms with E-state index < -0.39 is 5.91 Å². The molecule has 0 radical (unpaired) electrons. The number of halogens is 2. The van der Waals surface area contributed by atoms with Gasteiger partial charge in [-0.3, -0.25) is 4.79 Å². The SMILES string of the molecule is NC(=S)c1ccc(Br)cc1NC(=O)c1cc(I)ccc1O. The van der Waals surface area contributed by atoms with Crippen molar-refractivity contribution in [1.82, 2.24) is 0 Å². The molecular formula is C14H10BrIN2O2S. The molecule has 0 saturated carbocycles. The quantitative estimate of drug-likeness (QED) is 0.467. The number of hydrogen-bond donors (Lipinski definition) is 3. The number of phenols is 1. The number of amides is 1. The van der Waals surface area contributed by atoms with Crippen LogP contribution in [0.2, 0.25) is 0 Å². The first kappa shape index (κ1) is 16.2. The van der Waals surface area contributed by atoms with Gasteiger partial charge in [0.15, 0.2) is 0 Å². The maximum Gasteiger partial charge on any atom is 0.259 e. The predicted molar refractivity (Wildman–Crippen MR) is 98.8 cm³/mol. The zero-order valence-corrected chi connectivity index (χ0v) is 15.1. The van der Waals surface area contributed by atoms with E-state index in [0.717, 1.165) is 8.04 Å². The highest BCUT2D eigenvalue weighted by molar-refractivity contribution is 14.1. The van der Waals surface area contributed by atoms with E-state index in [9.17, 15) is 9.90 Å². The van der Waals surface area contributed by atoms with Gasteiger partial charge in [-0.15, -0.1) is 0 Å². The second kappa shape index (κ2) is 6.71. The second-order valence-corrected chi connectivity index (χ2v) is 6.77. The van der Waals surface area contributed by atoms with Crippen LogP contribution >= 0.6 is 50.7 Å². The minimum atomic E-state index is -0.429. The van der Waals surface area contributed by atoms with E-state index in [0.29, 0.717) is 11.3 Å². The van der Waals surface area contributed by atoms with Crippen LogP contribution in [-0.4, -0.2) is 16.0 Å². The third-order valence-electron chi connectivity index (χ3n) is 2.70. The van der Waals surface area contributed by atoms with Crippen LogP contribution in [0.1, 0.15) is 15.9 Å². The molecule has 2 aromatic rings. The summed E-state index contributed by atoms with van der Waals surface area (Å²) < 4.78 is 1.63. The van der Waals surface area contributed by atoms with Crippen LogP contribution in [0.3, 0.4) is 0 Å². The number of rotatable bonds is 3. The molecule has 0 fully saturated rings. The highest BCUT2D eigenvalue weighted by atomic mass is 127. The Hall–Kier alpha value is -1.19. The van der Waals surface area contributed by atoms with Crippen LogP contribution in [0.15, 0.2) is 40.9 Å². The number of aromatic hydroxyl groups is 1. The molecule has 0 unspecified atom stereocenters. The first-order chi connectivity index (χ1) is 9.88. The van der Waals surface area contributed by atoms with Crippen molar-refractivity contribution in [2.75, 3.05) is 5.32 Å². The number of anilines is 1. The molecule has 4 nitrogen and oxygen atoms in total. The minimum Gasteiger partial charge on any atom is -0.507 e. The molecule has 4 N–H and O–H groups in total. The fourth-order valence-electron chi connectivity index (χ4n) is 1.71. The normalized spacial score (nSPS) is 10.2. The molecule has 0 spiro atoms. The summed E-state index contributed by atoms with van der Waals surface area (Å²) in [7, 11) is 0. The highest BCUT2D eigenvalue weighted by Gasteiger charge is 2.14. The number of hydrogen-bond acceptors (Lipinski definition) is 3. The van der Waals surface area contributed by atoms with Gasteiger partial charge in [0, 0.05) is 13.6 Å². The molecule has 0 heterocycles. The van der Waals surface area contributed by atoms with E-state index in [1.54, 1.807) is 30.3 Å². The lowest BCUT2D eigenvalue weighted by atomic mass is 10.1. The maximum absolute atomic E-state index is 12.3. The number of benzene rings is 2. The fourth-order valence-corrected chi connectivity index (χ4v) is 2.74. The summed E-state index contributed by atoms with van der Waals surface area (Å²) in [5.74, 6) is -0.513. The first-order valence-corrected chi connectivity index (χ1v) is 8.05. The molecular weight excluding hydrogens is 467 g/mol. The standard InChI is InChI=1S/C14H10BrIN2O2S/c15-7-1-3-9(13(17)21)11(5-7)18-14(20)10-6-8(16)2-4-12(10)19/h1-6,19H,(H2,17,21)(H,18,20). The van der Waals surface area contributed by atoms with Gasteiger partial charge < -0.3 is 16.2 Å². The first-order valence-electron chi connectivity index (χ1n) is 5.77. The Morgan fingerprint density at radius 2 is 1.95 bits per heavy atom. The summed E-state index contributed by atoms with van der Waals surface area (Å²) in [4.78, 5) is 12.5. The lowest BCUT2D eigenvalue weighted by molar-refractivity contribution is 0.102. The van der Waals surface area contributed by atoms with E-state index >= 15 is 0 Å². The van der Waals surface area contributed by atoms with Crippen molar-refractivity contribution in [3.8, 4) is 5.75 Å². The number of nitrogens with two attached hydrogens (primary N) is 1. The molecule has 0 aliphatic carbocycles. The van der Waals surface area contributed by atoms with Gasteiger partial charge in [-0.2, -0.15) is 0 Å². The van der Waals surface area contributed by atoms with Crippen LogP contribution in [0, 0.1) is 3.57 Å². The van der Waals surface area contributed by atoms with Crippen LogP contribution < -0.4 is 11.1 Å². The van der Waals surface area contributed by atoms with Crippen molar-refractivity contribution in [1.29, 1.82) is 0 Å². The summed E-state index contributed by atoms with van der Waals surface area (Å²) >= 11 is 10.4. The number of carbonyl (C=O) groups is 1. The van der Waals surface area contributed by atoms with Crippen molar-refractivity contribution in [2.24, 2.45) is 5.73 Å².